The number of para-hydroxylation sites is 2. The fraction of sp³-hybridized carbons (Fsp3) is 0.409. The Balaban J connectivity index is 1.46. The summed E-state index contributed by atoms with van der Waals surface area (Å²) in [5.74, 6) is 1.20. The number of benzene rings is 2. The number of ether oxygens (including phenoxy) is 2. The molecule has 26 heavy (non-hydrogen) atoms. The molecule has 4 rings (SSSR count). The lowest BCUT2D eigenvalue weighted by molar-refractivity contribution is -0.131. The number of rotatable bonds is 4. The quantitative estimate of drug-likeness (QED) is 0.907. The van der Waals surface area contributed by atoms with Gasteiger partial charge in [-0.05, 0) is 60.9 Å². The van der Waals surface area contributed by atoms with E-state index < -0.39 is 6.10 Å². The topological polar surface area (TPSA) is 47.6 Å². The average Bonchev–Trinajstić information content (AvgIpc) is 2.71. The van der Waals surface area contributed by atoms with E-state index in [1.165, 1.54) is 36.0 Å². The Hall–Kier alpha value is -2.49. The highest BCUT2D eigenvalue weighted by Crippen LogP contribution is 2.31. The van der Waals surface area contributed by atoms with Gasteiger partial charge < -0.3 is 14.8 Å². The smallest absolute Gasteiger partial charge is 0.265 e. The van der Waals surface area contributed by atoms with Crippen LogP contribution in [0, 0.1) is 0 Å². The second kappa shape index (κ2) is 7.40. The molecule has 0 bridgehead atoms. The summed E-state index contributed by atoms with van der Waals surface area (Å²) in [4.78, 5) is 12.7. The average molecular weight is 351 g/mol. The van der Waals surface area contributed by atoms with Crippen molar-refractivity contribution in [2.45, 2.75) is 51.2 Å². The molecule has 136 valence electrons. The van der Waals surface area contributed by atoms with E-state index in [0.717, 1.165) is 12.8 Å². The summed E-state index contributed by atoms with van der Waals surface area (Å²) in [6.07, 6.45) is 5.08. The Morgan fingerprint density at radius 2 is 1.88 bits per heavy atom. The molecule has 4 heteroatoms. The van der Waals surface area contributed by atoms with Crippen molar-refractivity contribution in [2.24, 2.45) is 0 Å². The number of carbonyl (C=O) groups is 1. The molecule has 2 aliphatic rings. The van der Waals surface area contributed by atoms with Crippen LogP contribution >= 0.6 is 0 Å². The largest absolute Gasteiger partial charge is 0.485 e. The van der Waals surface area contributed by atoms with Crippen molar-refractivity contribution in [2.75, 3.05) is 6.61 Å². The summed E-state index contributed by atoms with van der Waals surface area (Å²) >= 11 is 0. The van der Waals surface area contributed by atoms with Gasteiger partial charge in [0.1, 0.15) is 6.61 Å². The molecule has 2 aromatic rings. The van der Waals surface area contributed by atoms with Crippen LogP contribution < -0.4 is 14.8 Å². The zero-order valence-electron chi connectivity index (χ0n) is 15.2. The number of fused-ring (bicyclic) bond motifs is 2. The molecule has 1 heterocycles. The lowest BCUT2D eigenvalue weighted by atomic mass is 9.89. The van der Waals surface area contributed by atoms with E-state index in [1.54, 1.807) is 0 Å². The monoisotopic (exact) mass is 351 g/mol. The molecule has 2 aromatic carbocycles. The van der Waals surface area contributed by atoms with Crippen LogP contribution in [0.15, 0.2) is 42.5 Å². The minimum absolute atomic E-state index is 0.00417. The van der Waals surface area contributed by atoms with Crippen LogP contribution in [0.2, 0.25) is 0 Å². The highest BCUT2D eigenvalue weighted by atomic mass is 16.6. The van der Waals surface area contributed by atoms with Crippen LogP contribution in [-0.2, 0) is 17.6 Å². The second-order valence-corrected chi connectivity index (χ2v) is 7.07. The molecule has 0 spiro atoms. The number of amides is 1. The first-order valence-corrected chi connectivity index (χ1v) is 9.55. The normalized spacial score (nSPS) is 19.3. The van der Waals surface area contributed by atoms with E-state index in [0.29, 0.717) is 11.5 Å². The Kier molecular flexibility index (Phi) is 4.83. The minimum atomic E-state index is -0.614. The van der Waals surface area contributed by atoms with Crippen molar-refractivity contribution in [1.82, 2.24) is 5.32 Å². The van der Waals surface area contributed by atoms with Crippen molar-refractivity contribution >= 4 is 5.91 Å². The number of nitrogens with one attached hydrogen (secondary N) is 1. The van der Waals surface area contributed by atoms with E-state index in [2.05, 4.69) is 30.4 Å². The predicted octanol–water partition coefficient (Wildman–Crippen LogP) is 3.97. The minimum Gasteiger partial charge on any atom is -0.485 e. The van der Waals surface area contributed by atoms with Crippen LogP contribution in [0.5, 0.6) is 11.5 Å². The van der Waals surface area contributed by atoms with Crippen LogP contribution in [0.4, 0.5) is 0 Å². The zero-order chi connectivity index (χ0) is 17.9. The molecule has 0 aromatic heterocycles. The van der Waals surface area contributed by atoms with Gasteiger partial charge in [0.25, 0.3) is 5.91 Å². The SMILES string of the molecule is CC[C@@H](NC(=O)[C@H]1COc2ccccc2O1)c1ccc2c(c1)CCCC2. The molecule has 0 fully saturated rings. The van der Waals surface area contributed by atoms with Gasteiger partial charge in [0.05, 0.1) is 6.04 Å². The standard InChI is InChI=1S/C22H25NO3/c1-2-18(17-12-11-15-7-3-4-8-16(15)13-17)23-22(24)21-14-25-19-9-5-6-10-20(19)26-21/h5-6,9-13,18,21H,2-4,7-8,14H2,1H3,(H,23,24)/t18-,21-/m1/s1. The Labute approximate surface area is 154 Å². The molecule has 1 aliphatic heterocycles. The van der Waals surface area contributed by atoms with E-state index in [-0.39, 0.29) is 18.6 Å². The fourth-order valence-corrected chi connectivity index (χ4v) is 3.80. The maximum Gasteiger partial charge on any atom is 0.265 e. The summed E-state index contributed by atoms with van der Waals surface area (Å²) < 4.78 is 11.5. The number of hydrogen-bond donors (Lipinski definition) is 1. The first-order valence-electron chi connectivity index (χ1n) is 9.55. The van der Waals surface area contributed by atoms with Crippen molar-refractivity contribution < 1.29 is 14.3 Å². The maximum atomic E-state index is 12.7. The molecule has 0 saturated carbocycles. The van der Waals surface area contributed by atoms with Crippen molar-refractivity contribution in [3.8, 4) is 11.5 Å². The van der Waals surface area contributed by atoms with Crippen molar-refractivity contribution in [3.05, 3.63) is 59.2 Å². The van der Waals surface area contributed by atoms with Gasteiger partial charge in [-0.3, -0.25) is 4.79 Å². The molecule has 0 saturated heterocycles. The summed E-state index contributed by atoms with van der Waals surface area (Å²) in [5, 5.41) is 3.15. The molecule has 4 nitrogen and oxygen atoms in total. The third-order valence-electron chi connectivity index (χ3n) is 5.30. The molecule has 1 N–H and O–H groups in total. The van der Waals surface area contributed by atoms with Gasteiger partial charge in [-0.15, -0.1) is 0 Å². The van der Waals surface area contributed by atoms with Gasteiger partial charge >= 0.3 is 0 Å². The lowest BCUT2D eigenvalue weighted by Gasteiger charge is -2.28. The van der Waals surface area contributed by atoms with Gasteiger partial charge in [-0.25, -0.2) is 0 Å². The number of aryl methyl sites for hydroxylation is 2. The second-order valence-electron chi connectivity index (χ2n) is 7.07. The zero-order valence-corrected chi connectivity index (χ0v) is 15.2. The molecule has 1 aliphatic carbocycles. The summed E-state index contributed by atoms with van der Waals surface area (Å²) in [7, 11) is 0. The molecule has 0 radical (unpaired) electrons. The Morgan fingerprint density at radius 3 is 2.69 bits per heavy atom. The van der Waals surface area contributed by atoms with Crippen LogP contribution in [0.25, 0.3) is 0 Å². The van der Waals surface area contributed by atoms with Crippen LogP contribution in [0.3, 0.4) is 0 Å². The van der Waals surface area contributed by atoms with Crippen LogP contribution in [-0.4, -0.2) is 18.6 Å². The van der Waals surface area contributed by atoms with Crippen molar-refractivity contribution in [3.63, 3.8) is 0 Å². The molecule has 0 unspecified atom stereocenters. The third-order valence-corrected chi connectivity index (χ3v) is 5.30. The highest BCUT2D eigenvalue weighted by molar-refractivity contribution is 5.82. The molecular weight excluding hydrogens is 326 g/mol. The Morgan fingerprint density at radius 1 is 1.12 bits per heavy atom. The third kappa shape index (κ3) is 3.41. The lowest BCUT2D eigenvalue weighted by Crippen LogP contribution is -2.45. The Bertz CT molecular complexity index is 802. The number of hydrogen-bond acceptors (Lipinski definition) is 3. The number of carbonyl (C=O) groups excluding carboxylic acids is 1. The van der Waals surface area contributed by atoms with Gasteiger partial charge in [0.2, 0.25) is 6.10 Å². The van der Waals surface area contributed by atoms with E-state index >= 15 is 0 Å². The molecular formula is C22H25NO3. The van der Waals surface area contributed by atoms with Crippen LogP contribution in [0.1, 0.15) is 48.9 Å². The molecule has 1 amide bonds. The maximum absolute atomic E-state index is 12.7. The van der Waals surface area contributed by atoms with Gasteiger partial charge in [0.15, 0.2) is 11.5 Å². The van der Waals surface area contributed by atoms with Gasteiger partial charge in [-0.1, -0.05) is 37.3 Å². The summed E-state index contributed by atoms with van der Waals surface area (Å²) in [6.45, 7) is 2.33. The van der Waals surface area contributed by atoms with E-state index in [4.69, 9.17) is 9.47 Å². The van der Waals surface area contributed by atoms with E-state index in [9.17, 15) is 4.79 Å². The first-order chi connectivity index (χ1) is 12.7. The summed E-state index contributed by atoms with van der Waals surface area (Å²) in [5.41, 5.74) is 4.08. The highest BCUT2D eigenvalue weighted by Gasteiger charge is 2.29. The van der Waals surface area contributed by atoms with E-state index in [1.807, 2.05) is 24.3 Å². The summed E-state index contributed by atoms with van der Waals surface area (Å²) in [6, 6.07) is 14.1. The molecule has 2 atom stereocenters. The van der Waals surface area contributed by atoms with Gasteiger partial charge in [-0.2, -0.15) is 0 Å². The fourth-order valence-electron chi connectivity index (χ4n) is 3.80. The van der Waals surface area contributed by atoms with Gasteiger partial charge in [0, 0.05) is 0 Å². The predicted molar refractivity (Wildman–Crippen MR) is 101 cm³/mol. The first kappa shape index (κ1) is 17.0. The van der Waals surface area contributed by atoms with Crippen molar-refractivity contribution in [1.29, 1.82) is 0 Å².